The molecule has 0 radical (unpaired) electrons. The molecule has 1 aliphatic heterocycles. The Morgan fingerprint density at radius 2 is 2.23 bits per heavy atom. The van der Waals surface area contributed by atoms with Gasteiger partial charge in [-0.15, -0.1) is 0 Å². The monoisotopic (exact) mass is 187 g/mol. The van der Waals surface area contributed by atoms with Crippen LogP contribution in [0.15, 0.2) is 0 Å². The van der Waals surface area contributed by atoms with Crippen molar-refractivity contribution >= 4 is 0 Å². The van der Waals surface area contributed by atoms with Gasteiger partial charge in [0.15, 0.2) is 0 Å². The van der Waals surface area contributed by atoms with Crippen LogP contribution < -0.4 is 5.32 Å². The molecule has 0 spiro atoms. The van der Waals surface area contributed by atoms with E-state index in [2.05, 4.69) is 19.2 Å². The minimum absolute atomic E-state index is 0.159. The van der Waals surface area contributed by atoms with Gasteiger partial charge in [0.2, 0.25) is 0 Å². The van der Waals surface area contributed by atoms with Gasteiger partial charge in [-0.1, -0.05) is 13.8 Å². The van der Waals surface area contributed by atoms with Gasteiger partial charge in [0.25, 0.3) is 0 Å². The molecule has 1 aliphatic rings. The van der Waals surface area contributed by atoms with Crippen molar-refractivity contribution in [1.29, 1.82) is 0 Å². The van der Waals surface area contributed by atoms with Gasteiger partial charge in [0.05, 0.1) is 25.4 Å². The number of aliphatic hydroxyl groups excluding tert-OH is 1. The van der Waals surface area contributed by atoms with Gasteiger partial charge in [0, 0.05) is 0 Å². The van der Waals surface area contributed by atoms with E-state index in [1.807, 2.05) is 0 Å². The average molecular weight is 187 g/mol. The lowest BCUT2D eigenvalue weighted by Gasteiger charge is -2.14. The van der Waals surface area contributed by atoms with Crippen LogP contribution in [0, 0.1) is 5.92 Å². The Balaban J connectivity index is 1.99. The molecule has 0 aliphatic carbocycles. The Morgan fingerprint density at radius 3 is 2.77 bits per heavy atom. The summed E-state index contributed by atoms with van der Waals surface area (Å²) in [4.78, 5) is 0. The van der Waals surface area contributed by atoms with Crippen molar-refractivity contribution in [2.24, 2.45) is 5.92 Å². The molecule has 3 heteroatoms. The second kappa shape index (κ2) is 5.58. The van der Waals surface area contributed by atoms with E-state index in [0.29, 0.717) is 13.2 Å². The smallest absolute Gasteiger partial charge is 0.0948 e. The lowest BCUT2D eigenvalue weighted by atomic mass is 10.1. The molecule has 2 unspecified atom stereocenters. The van der Waals surface area contributed by atoms with E-state index in [0.717, 1.165) is 12.5 Å². The van der Waals surface area contributed by atoms with Crippen LogP contribution in [0.1, 0.15) is 26.7 Å². The first-order chi connectivity index (χ1) is 6.20. The van der Waals surface area contributed by atoms with Gasteiger partial charge in [-0.3, -0.25) is 0 Å². The van der Waals surface area contributed by atoms with Crippen molar-refractivity contribution in [3.8, 4) is 0 Å². The first-order valence-corrected chi connectivity index (χ1v) is 5.19. The third-order valence-corrected chi connectivity index (χ3v) is 2.42. The summed E-state index contributed by atoms with van der Waals surface area (Å²) in [6.07, 6.45) is 2.12. The van der Waals surface area contributed by atoms with Gasteiger partial charge < -0.3 is 15.2 Å². The third kappa shape index (κ3) is 4.07. The van der Waals surface area contributed by atoms with E-state index in [1.165, 1.54) is 12.8 Å². The molecule has 1 saturated heterocycles. The number of nitrogens with one attached hydrogen (secondary N) is 1. The number of ether oxygens (including phenoxy) is 1. The van der Waals surface area contributed by atoms with Crippen LogP contribution in [-0.4, -0.2) is 37.0 Å². The summed E-state index contributed by atoms with van der Waals surface area (Å²) in [5, 5.41) is 12.7. The molecule has 0 amide bonds. The minimum atomic E-state index is -0.306. The fourth-order valence-corrected chi connectivity index (χ4v) is 1.54. The van der Waals surface area contributed by atoms with Gasteiger partial charge in [-0.25, -0.2) is 0 Å². The Labute approximate surface area is 80.5 Å². The van der Waals surface area contributed by atoms with Crippen molar-refractivity contribution in [3.63, 3.8) is 0 Å². The number of hydrogen-bond acceptors (Lipinski definition) is 3. The highest BCUT2D eigenvalue weighted by atomic mass is 16.5. The van der Waals surface area contributed by atoms with Crippen molar-refractivity contribution in [2.45, 2.75) is 38.8 Å². The van der Waals surface area contributed by atoms with Crippen LogP contribution in [0.5, 0.6) is 0 Å². The summed E-state index contributed by atoms with van der Waals surface area (Å²) in [6.45, 7) is 6.59. The van der Waals surface area contributed by atoms with Crippen LogP contribution in [0.2, 0.25) is 0 Å². The van der Waals surface area contributed by atoms with Crippen LogP contribution in [0.3, 0.4) is 0 Å². The molecule has 0 aromatic heterocycles. The summed E-state index contributed by atoms with van der Waals surface area (Å²) < 4.78 is 5.13. The maximum absolute atomic E-state index is 9.41. The highest BCUT2D eigenvalue weighted by Gasteiger charge is 2.24. The molecule has 13 heavy (non-hydrogen) atoms. The van der Waals surface area contributed by atoms with Crippen molar-refractivity contribution in [1.82, 2.24) is 5.32 Å². The second-order valence-corrected chi connectivity index (χ2v) is 4.20. The molecule has 0 aromatic rings. The molecule has 0 aromatic carbocycles. The molecule has 0 saturated carbocycles. The van der Waals surface area contributed by atoms with Crippen molar-refractivity contribution in [2.75, 3.05) is 19.8 Å². The summed E-state index contributed by atoms with van der Waals surface area (Å²) in [7, 11) is 0. The molecular weight excluding hydrogens is 166 g/mol. The predicted molar refractivity (Wildman–Crippen MR) is 52.7 cm³/mol. The lowest BCUT2D eigenvalue weighted by Crippen LogP contribution is -2.39. The van der Waals surface area contributed by atoms with E-state index < -0.39 is 0 Å². The van der Waals surface area contributed by atoms with Crippen LogP contribution in [-0.2, 0) is 4.74 Å². The molecule has 78 valence electrons. The Kier molecular flexibility index (Phi) is 4.70. The van der Waals surface area contributed by atoms with Gasteiger partial charge >= 0.3 is 0 Å². The van der Waals surface area contributed by atoms with Crippen LogP contribution >= 0.6 is 0 Å². The third-order valence-electron chi connectivity index (χ3n) is 2.42. The van der Waals surface area contributed by atoms with Crippen molar-refractivity contribution in [3.05, 3.63) is 0 Å². The van der Waals surface area contributed by atoms with E-state index in [9.17, 15) is 5.11 Å². The van der Waals surface area contributed by atoms with Crippen molar-refractivity contribution < 1.29 is 9.84 Å². The summed E-state index contributed by atoms with van der Waals surface area (Å²) in [5.74, 6) is 0.770. The molecule has 1 heterocycles. The fraction of sp³-hybridized carbons (Fsp3) is 1.00. The molecule has 2 atom stereocenters. The zero-order valence-corrected chi connectivity index (χ0v) is 8.62. The van der Waals surface area contributed by atoms with Crippen LogP contribution in [0.4, 0.5) is 0 Å². The highest BCUT2D eigenvalue weighted by molar-refractivity contribution is 4.80. The van der Waals surface area contributed by atoms with E-state index in [1.54, 1.807) is 0 Å². The predicted octanol–water partition coefficient (Wildman–Crippen LogP) is 0.772. The standard InChI is InChI=1S/C10H21NO2/c1-8(2)4-3-5-11-9-6-13-7-10(9)12/h8-12H,3-7H2,1-2H3. The lowest BCUT2D eigenvalue weighted by molar-refractivity contribution is 0.122. The van der Waals surface area contributed by atoms with Crippen LogP contribution in [0.25, 0.3) is 0 Å². The van der Waals surface area contributed by atoms with Gasteiger partial charge in [-0.2, -0.15) is 0 Å². The number of aliphatic hydroxyl groups is 1. The molecular formula is C10H21NO2. The molecule has 1 fully saturated rings. The quantitative estimate of drug-likeness (QED) is 0.625. The molecule has 3 nitrogen and oxygen atoms in total. The largest absolute Gasteiger partial charge is 0.389 e. The van der Waals surface area contributed by atoms with E-state index in [4.69, 9.17) is 4.74 Å². The highest BCUT2D eigenvalue weighted by Crippen LogP contribution is 2.06. The second-order valence-electron chi connectivity index (χ2n) is 4.20. The maximum atomic E-state index is 9.41. The van der Waals surface area contributed by atoms with E-state index >= 15 is 0 Å². The molecule has 1 rings (SSSR count). The molecule has 2 N–H and O–H groups in total. The number of hydrogen-bond donors (Lipinski definition) is 2. The average Bonchev–Trinajstić information content (AvgIpc) is 2.45. The Bertz CT molecular complexity index is 139. The Hall–Kier alpha value is -0.120. The Morgan fingerprint density at radius 1 is 1.46 bits per heavy atom. The number of rotatable bonds is 5. The summed E-state index contributed by atoms with van der Waals surface area (Å²) in [5.41, 5.74) is 0. The van der Waals surface area contributed by atoms with Gasteiger partial charge in [0.1, 0.15) is 0 Å². The normalized spacial score (nSPS) is 28.6. The first kappa shape index (κ1) is 11.0. The zero-order chi connectivity index (χ0) is 9.68. The maximum Gasteiger partial charge on any atom is 0.0948 e. The van der Waals surface area contributed by atoms with E-state index in [-0.39, 0.29) is 12.1 Å². The fourth-order valence-electron chi connectivity index (χ4n) is 1.54. The molecule has 0 bridgehead atoms. The summed E-state index contributed by atoms with van der Waals surface area (Å²) in [6, 6.07) is 0.159. The summed E-state index contributed by atoms with van der Waals surface area (Å²) >= 11 is 0. The first-order valence-electron chi connectivity index (χ1n) is 5.19. The van der Waals surface area contributed by atoms with Gasteiger partial charge in [-0.05, 0) is 25.3 Å². The SMILES string of the molecule is CC(C)CCCNC1COCC1O. The topological polar surface area (TPSA) is 41.5 Å². The minimum Gasteiger partial charge on any atom is -0.389 e. The zero-order valence-electron chi connectivity index (χ0n) is 8.62.